The summed E-state index contributed by atoms with van der Waals surface area (Å²) in [7, 11) is 0. The lowest BCUT2D eigenvalue weighted by Crippen LogP contribution is -2.41. The first-order valence-corrected chi connectivity index (χ1v) is 12.5. The van der Waals surface area contributed by atoms with Gasteiger partial charge in [-0.15, -0.1) is 0 Å². The third kappa shape index (κ3) is 6.13. The fraction of sp³-hybridized carbons (Fsp3) is 0.960. The second-order valence-electron chi connectivity index (χ2n) is 10.1. The van der Waals surface area contributed by atoms with Crippen LogP contribution in [0.15, 0.2) is 0 Å². The SMILES string of the molecule is CCCC1CCC(OC(=O)OC2(CCC)CCC(C3CCCCC3)CC2)CC1. The first-order chi connectivity index (χ1) is 13.6. The molecule has 3 aliphatic carbocycles. The summed E-state index contributed by atoms with van der Waals surface area (Å²) in [5.74, 6) is 2.62. The van der Waals surface area contributed by atoms with Crippen molar-refractivity contribution >= 4 is 6.16 Å². The van der Waals surface area contributed by atoms with Gasteiger partial charge in [-0.1, -0.05) is 65.2 Å². The van der Waals surface area contributed by atoms with Gasteiger partial charge in [0, 0.05) is 0 Å². The quantitative estimate of drug-likeness (QED) is 0.414. The molecule has 3 fully saturated rings. The van der Waals surface area contributed by atoms with Crippen LogP contribution in [0.5, 0.6) is 0 Å². The van der Waals surface area contributed by atoms with Crippen LogP contribution in [0.1, 0.15) is 123 Å². The fourth-order valence-electron chi connectivity index (χ4n) is 6.39. The minimum atomic E-state index is -0.386. The Morgan fingerprint density at radius 2 is 1.46 bits per heavy atom. The summed E-state index contributed by atoms with van der Waals surface area (Å²) < 4.78 is 11.8. The molecule has 0 radical (unpaired) electrons. The highest BCUT2D eigenvalue weighted by Gasteiger charge is 2.41. The molecule has 0 amide bonds. The molecule has 3 saturated carbocycles. The molecule has 3 rings (SSSR count). The van der Waals surface area contributed by atoms with Crippen LogP contribution in [0, 0.1) is 17.8 Å². The van der Waals surface area contributed by atoms with E-state index < -0.39 is 0 Å². The first kappa shape index (κ1) is 22.0. The van der Waals surface area contributed by atoms with Crippen molar-refractivity contribution in [1.82, 2.24) is 0 Å². The van der Waals surface area contributed by atoms with Gasteiger partial charge in [0.05, 0.1) is 0 Å². The predicted octanol–water partition coefficient (Wildman–Crippen LogP) is 7.81. The van der Waals surface area contributed by atoms with Gasteiger partial charge in [0.2, 0.25) is 0 Å². The van der Waals surface area contributed by atoms with Crippen LogP contribution in [0.4, 0.5) is 4.79 Å². The number of hydrogen-bond acceptors (Lipinski definition) is 3. The van der Waals surface area contributed by atoms with E-state index in [-0.39, 0.29) is 17.9 Å². The van der Waals surface area contributed by atoms with E-state index in [2.05, 4.69) is 13.8 Å². The molecule has 0 aromatic rings. The van der Waals surface area contributed by atoms with E-state index in [1.165, 1.54) is 70.6 Å². The van der Waals surface area contributed by atoms with Gasteiger partial charge in [0.1, 0.15) is 11.7 Å². The van der Waals surface area contributed by atoms with E-state index in [9.17, 15) is 4.79 Å². The molecule has 162 valence electrons. The summed E-state index contributed by atoms with van der Waals surface area (Å²) in [6, 6.07) is 0. The molecule has 0 atom stereocenters. The molecular weight excluding hydrogens is 348 g/mol. The van der Waals surface area contributed by atoms with Crippen molar-refractivity contribution < 1.29 is 14.3 Å². The lowest BCUT2D eigenvalue weighted by atomic mass is 9.68. The number of rotatable bonds is 7. The minimum absolute atomic E-state index is 0.0814. The van der Waals surface area contributed by atoms with Crippen molar-refractivity contribution in [1.29, 1.82) is 0 Å². The monoisotopic (exact) mass is 392 g/mol. The average molecular weight is 393 g/mol. The second-order valence-corrected chi connectivity index (χ2v) is 10.1. The Kier molecular flexibility index (Phi) is 8.53. The van der Waals surface area contributed by atoms with Crippen molar-refractivity contribution in [3.63, 3.8) is 0 Å². The molecule has 0 aliphatic heterocycles. The second kappa shape index (κ2) is 10.9. The van der Waals surface area contributed by atoms with Crippen LogP contribution < -0.4 is 0 Å². The number of carbonyl (C=O) groups is 1. The largest absolute Gasteiger partial charge is 0.509 e. The Bertz CT molecular complexity index is 452. The molecule has 0 N–H and O–H groups in total. The van der Waals surface area contributed by atoms with Gasteiger partial charge < -0.3 is 9.47 Å². The summed E-state index contributed by atoms with van der Waals surface area (Å²) in [5, 5.41) is 0. The molecule has 0 heterocycles. The maximum absolute atomic E-state index is 12.6. The summed E-state index contributed by atoms with van der Waals surface area (Å²) in [6.07, 6.45) is 20.5. The van der Waals surface area contributed by atoms with E-state index in [4.69, 9.17) is 9.47 Å². The Morgan fingerprint density at radius 1 is 0.821 bits per heavy atom. The summed E-state index contributed by atoms with van der Waals surface area (Å²) in [6.45, 7) is 4.47. The Labute approximate surface area is 173 Å². The first-order valence-electron chi connectivity index (χ1n) is 12.5. The normalized spacial score (nSPS) is 34.7. The zero-order valence-electron chi connectivity index (χ0n) is 18.6. The molecule has 3 nitrogen and oxygen atoms in total. The molecule has 0 aromatic carbocycles. The maximum Gasteiger partial charge on any atom is 0.509 e. The van der Waals surface area contributed by atoms with Gasteiger partial charge in [-0.3, -0.25) is 0 Å². The number of ether oxygens (including phenoxy) is 2. The van der Waals surface area contributed by atoms with Crippen LogP contribution in [-0.2, 0) is 9.47 Å². The molecular formula is C25H44O3. The lowest BCUT2D eigenvalue weighted by Gasteiger charge is -2.42. The summed E-state index contributed by atoms with van der Waals surface area (Å²) >= 11 is 0. The van der Waals surface area contributed by atoms with E-state index in [1.54, 1.807) is 0 Å². The third-order valence-corrected chi connectivity index (χ3v) is 8.02. The standard InChI is InChI=1S/C25H44O3/c1-3-8-20-11-13-23(14-12-20)27-24(26)28-25(17-4-2)18-15-22(16-19-25)21-9-6-5-7-10-21/h20-23H,3-19H2,1-2H3. The van der Waals surface area contributed by atoms with Crippen molar-refractivity contribution in [2.75, 3.05) is 0 Å². The van der Waals surface area contributed by atoms with Gasteiger partial charge in [-0.05, 0) is 75.5 Å². The van der Waals surface area contributed by atoms with Gasteiger partial charge in [-0.2, -0.15) is 0 Å². The molecule has 0 aromatic heterocycles. The molecule has 0 spiro atoms. The van der Waals surface area contributed by atoms with Crippen LogP contribution in [0.2, 0.25) is 0 Å². The highest BCUT2D eigenvalue weighted by Crippen LogP contribution is 2.44. The van der Waals surface area contributed by atoms with Crippen LogP contribution >= 0.6 is 0 Å². The molecule has 3 aliphatic rings. The van der Waals surface area contributed by atoms with Crippen molar-refractivity contribution in [3.05, 3.63) is 0 Å². The van der Waals surface area contributed by atoms with E-state index in [0.29, 0.717) is 0 Å². The highest BCUT2D eigenvalue weighted by molar-refractivity contribution is 5.61. The Balaban J connectivity index is 1.45. The average Bonchev–Trinajstić information content (AvgIpc) is 2.71. The van der Waals surface area contributed by atoms with Gasteiger partial charge >= 0.3 is 6.16 Å². The Hall–Kier alpha value is -0.730. The van der Waals surface area contributed by atoms with Crippen LogP contribution in [0.25, 0.3) is 0 Å². The van der Waals surface area contributed by atoms with Crippen molar-refractivity contribution in [2.24, 2.45) is 17.8 Å². The summed E-state index contributed by atoms with van der Waals surface area (Å²) in [4.78, 5) is 12.6. The van der Waals surface area contributed by atoms with Crippen LogP contribution in [-0.4, -0.2) is 17.9 Å². The van der Waals surface area contributed by atoms with E-state index in [1.807, 2.05) is 0 Å². The fourth-order valence-corrected chi connectivity index (χ4v) is 6.39. The predicted molar refractivity (Wildman–Crippen MR) is 114 cm³/mol. The zero-order chi connectivity index (χ0) is 19.8. The molecule has 28 heavy (non-hydrogen) atoms. The van der Waals surface area contributed by atoms with Gasteiger partial charge in [0.15, 0.2) is 0 Å². The highest BCUT2D eigenvalue weighted by atomic mass is 16.7. The smallest absolute Gasteiger partial charge is 0.431 e. The Morgan fingerprint density at radius 3 is 2.07 bits per heavy atom. The minimum Gasteiger partial charge on any atom is -0.431 e. The van der Waals surface area contributed by atoms with Crippen molar-refractivity contribution in [3.8, 4) is 0 Å². The molecule has 0 unspecified atom stereocenters. The number of hydrogen-bond donors (Lipinski definition) is 0. The molecule has 0 bridgehead atoms. The van der Waals surface area contributed by atoms with E-state index in [0.717, 1.165) is 56.3 Å². The topological polar surface area (TPSA) is 35.5 Å². The lowest BCUT2D eigenvalue weighted by molar-refractivity contribution is -0.0855. The third-order valence-electron chi connectivity index (χ3n) is 8.02. The summed E-state index contributed by atoms with van der Waals surface area (Å²) in [5.41, 5.74) is -0.254. The molecule has 0 saturated heterocycles. The van der Waals surface area contributed by atoms with Crippen molar-refractivity contribution in [2.45, 2.75) is 135 Å². The maximum atomic E-state index is 12.6. The number of carbonyl (C=O) groups excluding carboxylic acids is 1. The van der Waals surface area contributed by atoms with Crippen LogP contribution in [0.3, 0.4) is 0 Å². The van der Waals surface area contributed by atoms with E-state index >= 15 is 0 Å². The zero-order valence-corrected chi connectivity index (χ0v) is 18.6. The van der Waals surface area contributed by atoms with Gasteiger partial charge in [-0.25, -0.2) is 4.79 Å². The molecule has 3 heteroatoms. The van der Waals surface area contributed by atoms with Gasteiger partial charge in [0.25, 0.3) is 0 Å².